The Hall–Kier alpha value is -1.26. The van der Waals surface area contributed by atoms with Crippen LogP contribution >= 0.6 is 0 Å². The van der Waals surface area contributed by atoms with E-state index < -0.39 is 11.7 Å². The van der Waals surface area contributed by atoms with Gasteiger partial charge in [-0.05, 0) is 12.1 Å². The molecule has 0 bridgehead atoms. The monoisotopic (exact) mass is 244 g/mol. The molecule has 6 heteroatoms. The van der Waals surface area contributed by atoms with Gasteiger partial charge < -0.3 is 20.4 Å². The van der Waals surface area contributed by atoms with E-state index in [9.17, 15) is 4.79 Å². The third-order valence-electron chi connectivity index (χ3n) is 1.21. The molecule has 14 heavy (non-hydrogen) atoms. The molecule has 0 amide bonds. The van der Waals surface area contributed by atoms with Gasteiger partial charge in [-0.3, -0.25) is 0 Å². The molecule has 0 fully saturated rings. The average molecular weight is 245 g/mol. The summed E-state index contributed by atoms with van der Waals surface area (Å²) in [6, 6.07) is 3.31. The maximum absolute atomic E-state index is 10.3. The first-order chi connectivity index (χ1) is 6.11. The molecule has 0 heterocycles. The molecule has 0 atom stereocenters. The molecule has 82 valence electrons. The second-order valence-corrected chi connectivity index (χ2v) is 2.01. The summed E-state index contributed by atoms with van der Waals surface area (Å²) in [5.74, 6) is -1.81. The molecule has 1 aromatic rings. The molecule has 0 aromatic heterocycles. The zero-order valence-corrected chi connectivity index (χ0v) is 8.23. The van der Waals surface area contributed by atoms with Crippen LogP contribution in [-0.4, -0.2) is 33.5 Å². The largest absolute Gasteiger partial charge is 0.508 e. The second-order valence-electron chi connectivity index (χ2n) is 2.01. The van der Waals surface area contributed by atoms with E-state index in [-0.39, 0.29) is 27.8 Å². The molecule has 4 N–H and O–H groups in total. The van der Waals surface area contributed by atoms with Crippen molar-refractivity contribution >= 4 is 5.97 Å². The first-order valence-corrected chi connectivity index (χ1v) is 3.31. The number of carboxylic acid groups (broad SMARTS) is 1. The molecule has 0 radical (unpaired) electrons. The quantitative estimate of drug-likeness (QED) is 0.537. The van der Waals surface area contributed by atoms with Crippen molar-refractivity contribution in [2.75, 3.05) is 7.11 Å². The first kappa shape index (κ1) is 15.2. The van der Waals surface area contributed by atoms with Crippen LogP contribution < -0.4 is 0 Å². The number of carbonyl (C=O) groups is 1. The van der Waals surface area contributed by atoms with Crippen LogP contribution in [0.5, 0.6) is 11.5 Å². The van der Waals surface area contributed by atoms with Gasteiger partial charge in [-0.1, -0.05) is 0 Å². The third-order valence-corrected chi connectivity index (χ3v) is 1.21. The Morgan fingerprint density at radius 1 is 1.21 bits per heavy atom. The molecule has 0 aliphatic heterocycles. The van der Waals surface area contributed by atoms with E-state index in [1.165, 1.54) is 6.07 Å². The maximum atomic E-state index is 10.3. The van der Waals surface area contributed by atoms with E-state index >= 15 is 0 Å². The van der Waals surface area contributed by atoms with E-state index in [0.717, 1.165) is 19.2 Å². The van der Waals surface area contributed by atoms with Crippen LogP contribution in [0.1, 0.15) is 10.4 Å². The summed E-state index contributed by atoms with van der Waals surface area (Å²) in [6.07, 6.45) is 0. The summed E-state index contributed by atoms with van der Waals surface area (Å²) < 4.78 is 0. The smallest absolute Gasteiger partial charge is 0.339 e. The van der Waals surface area contributed by atoms with E-state index in [1.807, 2.05) is 0 Å². The summed E-state index contributed by atoms with van der Waals surface area (Å²) in [6.45, 7) is 0. The van der Waals surface area contributed by atoms with Gasteiger partial charge in [-0.25, -0.2) is 4.79 Å². The Morgan fingerprint density at radius 3 is 2.07 bits per heavy atom. The van der Waals surface area contributed by atoms with Gasteiger partial charge in [0.05, 0.1) is 0 Å². The number of aromatic hydroxyl groups is 2. The summed E-state index contributed by atoms with van der Waals surface area (Å²) in [4.78, 5) is 10.3. The van der Waals surface area contributed by atoms with Crippen LogP contribution in [0, 0.1) is 0 Å². The maximum Gasteiger partial charge on any atom is 0.339 e. The molecule has 1 rings (SSSR count). The number of phenols is 2. The number of benzene rings is 1. The summed E-state index contributed by atoms with van der Waals surface area (Å²) in [5.41, 5.74) is -0.220. The number of phenolic OH excluding ortho intramolecular Hbond substituents is 1. The number of hydrogen-bond acceptors (Lipinski definition) is 4. The Morgan fingerprint density at radius 2 is 1.71 bits per heavy atom. The van der Waals surface area contributed by atoms with Gasteiger partial charge in [-0.2, -0.15) is 0 Å². The molecular formula is C8H10NiO5. The van der Waals surface area contributed by atoms with Crippen LogP contribution in [-0.2, 0) is 16.5 Å². The van der Waals surface area contributed by atoms with Gasteiger partial charge in [0, 0.05) is 29.7 Å². The molecule has 0 saturated heterocycles. The Labute approximate surface area is 90.6 Å². The van der Waals surface area contributed by atoms with Crippen LogP contribution in [0.2, 0.25) is 0 Å². The number of rotatable bonds is 1. The second kappa shape index (κ2) is 7.18. The summed E-state index contributed by atoms with van der Waals surface area (Å²) in [7, 11) is 1.00. The fraction of sp³-hybridized carbons (Fsp3) is 0.125. The van der Waals surface area contributed by atoms with E-state index in [4.69, 9.17) is 20.4 Å². The first-order valence-electron chi connectivity index (χ1n) is 3.31. The SMILES string of the molecule is CO.O=C(O)c1ccc(O)cc1O.[Ni]. The summed E-state index contributed by atoms with van der Waals surface area (Å²) >= 11 is 0. The van der Waals surface area contributed by atoms with E-state index in [2.05, 4.69) is 0 Å². The average Bonchev–Trinajstić information content (AvgIpc) is 2.07. The number of carboxylic acids is 1. The van der Waals surface area contributed by atoms with E-state index in [1.54, 1.807) is 0 Å². The van der Waals surface area contributed by atoms with Gasteiger partial charge in [0.1, 0.15) is 17.1 Å². The van der Waals surface area contributed by atoms with Crippen molar-refractivity contribution in [3.8, 4) is 11.5 Å². The van der Waals surface area contributed by atoms with Crippen molar-refractivity contribution in [2.45, 2.75) is 0 Å². The fourth-order valence-electron chi connectivity index (χ4n) is 0.701. The van der Waals surface area contributed by atoms with Crippen LogP contribution in [0.25, 0.3) is 0 Å². The van der Waals surface area contributed by atoms with Gasteiger partial charge in [-0.15, -0.1) is 0 Å². The van der Waals surface area contributed by atoms with Crippen molar-refractivity contribution in [3.63, 3.8) is 0 Å². The molecule has 5 nitrogen and oxygen atoms in total. The zero-order valence-electron chi connectivity index (χ0n) is 7.25. The molecule has 0 saturated carbocycles. The van der Waals surface area contributed by atoms with Crippen LogP contribution in [0.15, 0.2) is 18.2 Å². The van der Waals surface area contributed by atoms with Gasteiger partial charge >= 0.3 is 5.97 Å². The Balaban J connectivity index is 0. The zero-order chi connectivity index (χ0) is 10.4. The minimum atomic E-state index is -1.22. The number of aromatic carboxylic acids is 1. The Kier molecular flexibility index (Phi) is 7.80. The molecule has 1 aromatic carbocycles. The normalized spacial score (nSPS) is 7.86. The number of hydrogen-bond donors (Lipinski definition) is 4. The van der Waals surface area contributed by atoms with Gasteiger partial charge in [0.25, 0.3) is 0 Å². The van der Waals surface area contributed by atoms with Crippen molar-refractivity contribution in [1.82, 2.24) is 0 Å². The molecule has 0 spiro atoms. The van der Waals surface area contributed by atoms with Crippen molar-refractivity contribution < 1.29 is 41.7 Å². The van der Waals surface area contributed by atoms with Crippen LogP contribution in [0.4, 0.5) is 0 Å². The molecule has 0 unspecified atom stereocenters. The van der Waals surface area contributed by atoms with Crippen molar-refractivity contribution in [3.05, 3.63) is 23.8 Å². The number of aliphatic hydroxyl groups is 1. The van der Waals surface area contributed by atoms with Crippen molar-refractivity contribution in [2.24, 2.45) is 0 Å². The standard InChI is InChI=1S/C7H6O4.CH4O.Ni/c8-4-1-2-5(7(10)11)6(9)3-4;1-2;/h1-3,8-9H,(H,10,11);2H,1H3;. The predicted molar refractivity (Wildman–Crippen MR) is 44.9 cm³/mol. The van der Waals surface area contributed by atoms with Gasteiger partial charge in [0.15, 0.2) is 0 Å². The summed E-state index contributed by atoms with van der Waals surface area (Å²) in [5, 5.41) is 33.1. The molecule has 0 aliphatic carbocycles. The van der Waals surface area contributed by atoms with Crippen molar-refractivity contribution in [1.29, 1.82) is 0 Å². The Bertz CT molecular complexity index is 300. The minimum Gasteiger partial charge on any atom is -0.508 e. The third kappa shape index (κ3) is 4.12. The topological polar surface area (TPSA) is 98.0 Å². The van der Waals surface area contributed by atoms with E-state index in [0.29, 0.717) is 0 Å². The molecule has 0 aliphatic rings. The minimum absolute atomic E-state index is 0. The van der Waals surface area contributed by atoms with Gasteiger partial charge in [0.2, 0.25) is 0 Å². The number of aliphatic hydroxyl groups excluding tert-OH is 1. The predicted octanol–water partition coefficient (Wildman–Crippen LogP) is 0.402. The molecular weight excluding hydrogens is 235 g/mol. The fourth-order valence-corrected chi connectivity index (χ4v) is 0.701. The van der Waals surface area contributed by atoms with Crippen LogP contribution in [0.3, 0.4) is 0 Å².